The monoisotopic (exact) mass is 272 g/mol. The summed E-state index contributed by atoms with van der Waals surface area (Å²) >= 11 is 0. The summed E-state index contributed by atoms with van der Waals surface area (Å²) in [6, 6.07) is 21.2. The SMILES string of the molecule is C1=CC(/C=C/Cc2ccccc2)CC=C1c1ccccc1. The molecule has 0 aliphatic heterocycles. The molecule has 3 rings (SSSR count). The van der Waals surface area contributed by atoms with E-state index >= 15 is 0 Å². The molecule has 0 heterocycles. The van der Waals surface area contributed by atoms with E-state index < -0.39 is 0 Å². The molecule has 2 aromatic rings. The first-order chi connectivity index (χ1) is 10.4. The van der Waals surface area contributed by atoms with E-state index in [4.69, 9.17) is 0 Å². The third-order valence-corrected chi connectivity index (χ3v) is 3.82. The molecule has 1 aliphatic rings. The average Bonchev–Trinajstić information content (AvgIpc) is 2.57. The summed E-state index contributed by atoms with van der Waals surface area (Å²) in [4.78, 5) is 0. The van der Waals surface area contributed by atoms with Gasteiger partial charge in [-0.3, -0.25) is 0 Å². The Labute approximate surface area is 127 Å². The Hall–Kier alpha value is -2.34. The summed E-state index contributed by atoms with van der Waals surface area (Å²) in [6.07, 6.45) is 13.6. The molecule has 0 saturated heterocycles. The van der Waals surface area contributed by atoms with Crippen LogP contribution in [0.4, 0.5) is 0 Å². The Balaban J connectivity index is 1.57. The molecule has 0 amide bonds. The van der Waals surface area contributed by atoms with Crippen LogP contribution in [0, 0.1) is 5.92 Å². The first-order valence-corrected chi connectivity index (χ1v) is 7.56. The van der Waals surface area contributed by atoms with E-state index in [0.717, 1.165) is 12.8 Å². The summed E-state index contributed by atoms with van der Waals surface area (Å²) < 4.78 is 0. The Bertz CT molecular complexity index is 645. The topological polar surface area (TPSA) is 0 Å². The Morgan fingerprint density at radius 1 is 0.905 bits per heavy atom. The van der Waals surface area contributed by atoms with Crippen LogP contribution in [0.25, 0.3) is 5.57 Å². The van der Waals surface area contributed by atoms with Crippen molar-refractivity contribution in [3.05, 3.63) is 102 Å². The lowest BCUT2D eigenvalue weighted by molar-refractivity contribution is 0.821. The zero-order chi connectivity index (χ0) is 14.3. The predicted molar refractivity (Wildman–Crippen MR) is 91.0 cm³/mol. The molecule has 0 spiro atoms. The van der Waals surface area contributed by atoms with Gasteiger partial charge in [0.15, 0.2) is 0 Å². The molecular weight excluding hydrogens is 252 g/mol. The number of hydrogen-bond acceptors (Lipinski definition) is 0. The minimum Gasteiger partial charge on any atom is -0.0835 e. The van der Waals surface area contributed by atoms with Crippen LogP contribution < -0.4 is 0 Å². The average molecular weight is 272 g/mol. The van der Waals surface area contributed by atoms with Gasteiger partial charge in [-0.1, -0.05) is 91.0 Å². The highest BCUT2D eigenvalue weighted by Crippen LogP contribution is 2.24. The van der Waals surface area contributed by atoms with Crippen molar-refractivity contribution in [3.63, 3.8) is 0 Å². The Morgan fingerprint density at radius 3 is 2.29 bits per heavy atom. The van der Waals surface area contributed by atoms with Gasteiger partial charge in [-0.15, -0.1) is 0 Å². The molecule has 1 aliphatic carbocycles. The second-order valence-electron chi connectivity index (χ2n) is 5.40. The van der Waals surface area contributed by atoms with Crippen LogP contribution in [-0.2, 0) is 6.42 Å². The van der Waals surface area contributed by atoms with Crippen molar-refractivity contribution in [1.82, 2.24) is 0 Å². The zero-order valence-corrected chi connectivity index (χ0v) is 12.2. The van der Waals surface area contributed by atoms with E-state index in [1.165, 1.54) is 16.7 Å². The maximum absolute atomic E-state index is 2.34. The fraction of sp³-hybridized carbons (Fsp3) is 0.143. The maximum atomic E-state index is 2.34. The quantitative estimate of drug-likeness (QED) is 0.650. The molecule has 0 fully saturated rings. The second kappa shape index (κ2) is 6.90. The molecule has 0 radical (unpaired) electrons. The number of hydrogen-bond donors (Lipinski definition) is 0. The minimum absolute atomic E-state index is 0.529. The predicted octanol–water partition coefficient (Wildman–Crippen LogP) is 5.45. The van der Waals surface area contributed by atoms with Gasteiger partial charge < -0.3 is 0 Å². The molecule has 1 unspecified atom stereocenters. The van der Waals surface area contributed by atoms with Gasteiger partial charge in [0.25, 0.3) is 0 Å². The summed E-state index contributed by atoms with van der Waals surface area (Å²) in [5.41, 5.74) is 4.01. The van der Waals surface area contributed by atoms with E-state index in [9.17, 15) is 0 Å². The normalized spacial score (nSPS) is 17.9. The molecule has 0 aromatic heterocycles. The van der Waals surface area contributed by atoms with Crippen LogP contribution in [0.1, 0.15) is 17.5 Å². The molecular formula is C21H20. The molecule has 104 valence electrons. The van der Waals surface area contributed by atoms with Crippen molar-refractivity contribution in [2.24, 2.45) is 5.92 Å². The van der Waals surface area contributed by atoms with Gasteiger partial charge in [0.05, 0.1) is 0 Å². The van der Waals surface area contributed by atoms with E-state index in [1.807, 2.05) is 0 Å². The van der Waals surface area contributed by atoms with E-state index in [2.05, 4.69) is 91.0 Å². The molecule has 1 atom stereocenters. The maximum Gasteiger partial charge on any atom is -0.00152 e. The van der Waals surface area contributed by atoms with E-state index in [1.54, 1.807) is 0 Å². The highest BCUT2D eigenvalue weighted by molar-refractivity contribution is 5.74. The number of benzene rings is 2. The van der Waals surface area contributed by atoms with Gasteiger partial charge in [-0.2, -0.15) is 0 Å². The van der Waals surface area contributed by atoms with Gasteiger partial charge in [0.1, 0.15) is 0 Å². The number of rotatable bonds is 4. The lowest BCUT2D eigenvalue weighted by Crippen LogP contribution is -1.96. The van der Waals surface area contributed by atoms with Crippen molar-refractivity contribution < 1.29 is 0 Å². The zero-order valence-electron chi connectivity index (χ0n) is 12.2. The lowest BCUT2D eigenvalue weighted by Gasteiger charge is -2.13. The van der Waals surface area contributed by atoms with Gasteiger partial charge in [0, 0.05) is 0 Å². The summed E-state index contributed by atoms with van der Waals surface area (Å²) in [5.74, 6) is 0.529. The minimum atomic E-state index is 0.529. The van der Waals surface area contributed by atoms with Gasteiger partial charge in [-0.05, 0) is 35.5 Å². The molecule has 2 aromatic carbocycles. The lowest BCUT2D eigenvalue weighted by atomic mass is 9.92. The first kappa shape index (κ1) is 13.6. The molecule has 0 heteroatoms. The highest BCUT2D eigenvalue weighted by atomic mass is 14.1. The van der Waals surface area contributed by atoms with E-state index in [-0.39, 0.29) is 0 Å². The van der Waals surface area contributed by atoms with Crippen LogP contribution in [0.15, 0.2) is 91.0 Å². The standard InChI is InChI=1S/C21H20/c1-3-8-18(9-4-1)10-7-11-19-14-16-21(17-15-19)20-12-5-2-6-13-20/h1-9,11-14,16-17,19H,10,15H2/b11-7+. The largest absolute Gasteiger partial charge is 0.0835 e. The fourth-order valence-electron chi connectivity index (χ4n) is 2.62. The van der Waals surface area contributed by atoms with Crippen LogP contribution in [0.3, 0.4) is 0 Å². The van der Waals surface area contributed by atoms with Gasteiger partial charge in [-0.25, -0.2) is 0 Å². The molecule has 0 N–H and O–H groups in total. The number of allylic oxidation sites excluding steroid dienone is 6. The summed E-state index contributed by atoms with van der Waals surface area (Å²) in [5, 5.41) is 0. The van der Waals surface area contributed by atoms with Crippen molar-refractivity contribution in [3.8, 4) is 0 Å². The van der Waals surface area contributed by atoms with Crippen LogP contribution in [-0.4, -0.2) is 0 Å². The third-order valence-electron chi connectivity index (χ3n) is 3.82. The fourth-order valence-corrected chi connectivity index (χ4v) is 2.62. The molecule has 0 bridgehead atoms. The Kier molecular flexibility index (Phi) is 4.48. The smallest absolute Gasteiger partial charge is 0.00152 e. The van der Waals surface area contributed by atoms with Crippen molar-refractivity contribution in [2.45, 2.75) is 12.8 Å². The third kappa shape index (κ3) is 3.82. The van der Waals surface area contributed by atoms with Crippen molar-refractivity contribution in [2.75, 3.05) is 0 Å². The summed E-state index contributed by atoms with van der Waals surface area (Å²) in [7, 11) is 0. The Morgan fingerprint density at radius 2 is 1.62 bits per heavy atom. The van der Waals surface area contributed by atoms with Crippen LogP contribution in [0.2, 0.25) is 0 Å². The second-order valence-corrected chi connectivity index (χ2v) is 5.40. The van der Waals surface area contributed by atoms with Crippen LogP contribution >= 0.6 is 0 Å². The first-order valence-electron chi connectivity index (χ1n) is 7.56. The molecule has 21 heavy (non-hydrogen) atoms. The molecule has 0 nitrogen and oxygen atoms in total. The van der Waals surface area contributed by atoms with Crippen molar-refractivity contribution in [1.29, 1.82) is 0 Å². The van der Waals surface area contributed by atoms with Crippen LogP contribution in [0.5, 0.6) is 0 Å². The summed E-state index contributed by atoms with van der Waals surface area (Å²) in [6.45, 7) is 0. The molecule has 0 saturated carbocycles. The highest BCUT2D eigenvalue weighted by Gasteiger charge is 2.06. The van der Waals surface area contributed by atoms with Gasteiger partial charge >= 0.3 is 0 Å². The van der Waals surface area contributed by atoms with E-state index in [0.29, 0.717) is 5.92 Å². The van der Waals surface area contributed by atoms with Gasteiger partial charge in [0.2, 0.25) is 0 Å². The van der Waals surface area contributed by atoms with Crippen molar-refractivity contribution >= 4 is 5.57 Å².